The molecule has 8 heteroatoms. The highest BCUT2D eigenvalue weighted by atomic mass is 35.5. The lowest BCUT2D eigenvalue weighted by molar-refractivity contribution is -0.142. The van der Waals surface area contributed by atoms with Gasteiger partial charge in [0.05, 0.1) is 18.3 Å². The van der Waals surface area contributed by atoms with Crippen molar-refractivity contribution in [1.29, 1.82) is 0 Å². The number of rotatable bonds is 8. The summed E-state index contributed by atoms with van der Waals surface area (Å²) in [7, 11) is 1.28. The molecule has 160 valence electrons. The van der Waals surface area contributed by atoms with Gasteiger partial charge in [0.1, 0.15) is 6.04 Å². The molecular formula is C23H22ClN3O3S. The number of hydrogen-bond acceptors (Lipinski definition) is 6. The number of aryl methyl sites for hydroxylation is 1. The molecule has 3 rings (SSSR count). The first-order valence-electron chi connectivity index (χ1n) is 9.59. The van der Waals surface area contributed by atoms with Crippen molar-refractivity contribution in [3.8, 4) is 0 Å². The number of halogens is 1. The van der Waals surface area contributed by atoms with Gasteiger partial charge in [-0.1, -0.05) is 83.5 Å². The van der Waals surface area contributed by atoms with Gasteiger partial charge in [0.15, 0.2) is 10.9 Å². The first-order chi connectivity index (χ1) is 15.0. The van der Waals surface area contributed by atoms with Crippen LogP contribution in [0.5, 0.6) is 0 Å². The van der Waals surface area contributed by atoms with Crippen molar-refractivity contribution in [3.63, 3.8) is 0 Å². The summed E-state index contributed by atoms with van der Waals surface area (Å²) < 4.78 is 4.85. The van der Waals surface area contributed by atoms with Crippen LogP contribution in [0.15, 0.2) is 66.0 Å². The SMILES string of the molecule is COC(=O)C(Cc1ccccc1)NC(=O)c1nc(SCc2ccc(C)cc2)ncc1Cl. The number of amides is 1. The molecule has 0 aliphatic rings. The summed E-state index contributed by atoms with van der Waals surface area (Å²) in [5.74, 6) is -0.450. The summed E-state index contributed by atoms with van der Waals surface area (Å²) in [5, 5.41) is 3.22. The van der Waals surface area contributed by atoms with Crippen molar-refractivity contribution in [2.75, 3.05) is 7.11 Å². The van der Waals surface area contributed by atoms with Gasteiger partial charge in [0, 0.05) is 12.2 Å². The van der Waals surface area contributed by atoms with Crippen LogP contribution in [0.3, 0.4) is 0 Å². The quantitative estimate of drug-likeness (QED) is 0.311. The topological polar surface area (TPSA) is 81.2 Å². The Labute approximate surface area is 190 Å². The van der Waals surface area contributed by atoms with E-state index in [-0.39, 0.29) is 17.1 Å². The maximum atomic E-state index is 12.8. The van der Waals surface area contributed by atoms with E-state index in [2.05, 4.69) is 15.3 Å². The van der Waals surface area contributed by atoms with Crippen molar-refractivity contribution >= 4 is 35.2 Å². The molecule has 1 N–H and O–H groups in total. The summed E-state index contributed by atoms with van der Waals surface area (Å²) in [4.78, 5) is 33.6. The number of hydrogen-bond donors (Lipinski definition) is 1. The molecule has 0 saturated carbocycles. The molecule has 0 aliphatic carbocycles. The van der Waals surface area contributed by atoms with Crippen molar-refractivity contribution < 1.29 is 14.3 Å². The molecule has 31 heavy (non-hydrogen) atoms. The van der Waals surface area contributed by atoms with Gasteiger partial charge in [-0.15, -0.1) is 0 Å². The Morgan fingerprint density at radius 1 is 1.10 bits per heavy atom. The Hall–Kier alpha value is -2.90. The van der Waals surface area contributed by atoms with Gasteiger partial charge < -0.3 is 10.1 Å². The third-order valence-electron chi connectivity index (χ3n) is 4.50. The number of nitrogens with zero attached hydrogens (tertiary/aromatic N) is 2. The van der Waals surface area contributed by atoms with Crippen LogP contribution in [-0.4, -0.2) is 35.0 Å². The summed E-state index contributed by atoms with van der Waals surface area (Å²) in [5.41, 5.74) is 3.21. The second kappa shape index (κ2) is 10.9. The van der Waals surface area contributed by atoms with Crippen LogP contribution in [0.25, 0.3) is 0 Å². The second-order valence-electron chi connectivity index (χ2n) is 6.86. The van der Waals surface area contributed by atoms with Crippen LogP contribution in [0.1, 0.15) is 27.2 Å². The van der Waals surface area contributed by atoms with E-state index in [1.54, 1.807) is 0 Å². The summed E-state index contributed by atoms with van der Waals surface area (Å²) in [6.07, 6.45) is 1.68. The fourth-order valence-corrected chi connectivity index (χ4v) is 3.77. The van der Waals surface area contributed by atoms with E-state index in [0.29, 0.717) is 10.9 Å². The molecule has 0 saturated heterocycles. The zero-order chi connectivity index (χ0) is 22.2. The standard InChI is InChI=1S/C23H22ClN3O3S/c1-15-8-10-17(11-9-15)14-31-23-25-13-18(24)20(27-23)21(28)26-19(22(29)30-2)12-16-6-4-3-5-7-16/h3-11,13,19H,12,14H2,1-2H3,(H,26,28). The van der Waals surface area contributed by atoms with Crippen molar-refractivity contribution in [2.24, 2.45) is 0 Å². The fourth-order valence-electron chi connectivity index (χ4n) is 2.82. The average Bonchev–Trinajstić information content (AvgIpc) is 2.79. The number of methoxy groups -OCH3 is 1. The average molecular weight is 456 g/mol. The Morgan fingerprint density at radius 3 is 2.48 bits per heavy atom. The van der Waals surface area contributed by atoms with Gasteiger partial charge in [-0.05, 0) is 18.1 Å². The monoisotopic (exact) mass is 455 g/mol. The minimum Gasteiger partial charge on any atom is -0.467 e. The molecule has 3 aromatic rings. The largest absolute Gasteiger partial charge is 0.467 e. The van der Waals surface area contributed by atoms with Crippen LogP contribution in [0.2, 0.25) is 5.02 Å². The Balaban J connectivity index is 1.72. The molecule has 1 amide bonds. The summed E-state index contributed by atoms with van der Waals surface area (Å²) in [6, 6.07) is 16.6. The molecule has 0 radical (unpaired) electrons. The maximum absolute atomic E-state index is 12.8. The van der Waals surface area contributed by atoms with Crippen LogP contribution < -0.4 is 5.32 Å². The van der Waals surface area contributed by atoms with Crippen LogP contribution >= 0.6 is 23.4 Å². The fraction of sp³-hybridized carbons (Fsp3) is 0.217. The Morgan fingerprint density at radius 2 is 1.81 bits per heavy atom. The third-order valence-corrected chi connectivity index (χ3v) is 5.71. The lowest BCUT2D eigenvalue weighted by Gasteiger charge is -2.17. The molecule has 0 aliphatic heterocycles. The highest BCUT2D eigenvalue weighted by molar-refractivity contribution is 7.98. The number of aromatic nitrogens is 2. The predicted octanol–water partition coefficient (Wildman–Crippen LogP) is 4.24. The molecule has 6 nitrogen and oxygen atoms in total. The molecule has 2 aromatic carbocycles. The van der Waals surface area contributed by atoms with Crippen LogP contribution in [0.4, 0.5) is 0 Å². The van der Waals surface area contributed by atoms with E-state index < -0.39 is 17.9 Å². The van der Waals surface area contributed by atoms with E-state index in [9.17, 15) is 9.59 Å². The Kier molecular flexibility index (Phi) is 8.03. The zero-order valence-electron chi connectivity index (χ0n) is 17.2. The predicted molar refractivity (Wildman–Crippen MR) is 121 cm³/mol. The van der Waals surface area contributed by atoms with E-state index in [0.717, 1.165) is 11.1 Å². The number of thioether (sulfide) groups is 1. The number of carbonyl (C=O) groups excluding carboxylic acids is 2. The van der Waals surface area contributed by atoms with Gasteiger partial charge >= 0.3 is 5.97 Å². The lowest BCUT2D eigenvalue weighted by atomic mass is 10.1. The summed E-state index contributed by atoms with van der Waals surface area (Å²) >= 11 is 7.57. The Bertz CT molecular complexity index is 1050. The lowest BCUT2D eigenvalue weighted by Crippen LogP contribution is -2.43. The normalized spacial score (nSPS) is 11.6. The minimum atomic E-state index is -0.866. The molecule has 0 spiro atoms. The van der Waals surface area contributed by atoms with Gasteiger partial charge in [-0.3, -0.25) is 4.79 Å². The second-order valence-corrected chi connectivity index (χ2v) is 8.21. The van der Waals surface area contributed by atoms with Gasteiger partial charge in [-0.2, -0.15) is 0 Å². The zero-order valence-corrected chi connectivity index (χ0v) is 18.7. The minimum absolute atomic E-state index is 0.0186. The highest BCUT2D eigenvalue weighted by Gasteiger charge is 2.25. The molecule has 1 atom stereocenters. The maximum Gasteiger partial charge on any atom is 0.328 e. The number of ether oxygens (including phenoxy) is 1. The number of esters is 1. The van der Waals surface area contributed by atoms with E-state index >= 15 is 0 Å². The molecular weight excluding hydrogens is 434 g/mol. The number of nitrogens with one attached hydrogen (secondary N) is 1. The first-order valence-corrected chi connectivity index (χ1v) is 11.0. The number of carbonyl (C=O) groups is 2. The molecule has 1 aromatic heterocycles. The van der Waals surface area contributed by atoms with Crippen molar-refractivity contribution in [3.05, 3.63) is 88.2 Å². The molecule has 0 fully saturated rings. The molecule has 1 unspecified atom stereocenters. The van der Waals surface area contributed by atoms with Gasteiger partial charge in [0.25, 0.3) is 5.91 Å². The van der Waals surface area contributed by atoms with Crippen LogP contribution in [-0.2, 0) is 21.7 Å². The summed E-state index contributed by atoms with van der Waals surface area (Å²) in [6.45, 7) is 2.03. The third kappa shape index (κ3) is 6.54. The van der Waals surface area contributed by atoms with Crippen molar-refractivity contribution in [1.82, 2.24) is 15.3 Å². The highest BCUT2D eigenvalue weighted by Crippen LogP contribution is 2.22. The van der Waals surface area contributed by atoms with Gasteiger partial charge in [-0.25, -0.2) is 14.8 Å². The molecule has 1 heterocycles. The van der Waals surface area contributed by atoms with E-state index in [4.69, 9.17) is 16.3 Å². The smallest absolute Gasteiger partial charge is 0.328 e. The number of benzene rings is 2. The van der Waals surface area contributed by atoms with Crippen LogP contribution in [0, 0.1) is 6.92 Å². The van der Waals surface area contributed by atoms with E-state index in [1.165, 1.54) is 30.6 Å². The molecule has 0 bridgehead atoms. The van der Waals surface area contributed by atoms with E-state index in [1.807, 2.05) is 61.5 Å². The first kappa shape index (κ1) is 22.8. The van der Waals surface area contributed by atoms with Crippen molar-refractivity contribution in [2.45, 2.75) is 30.3 Å². The van der Waals surface area contributed by atoms with Gasteiger partial charge in [0.2, 0.25) is 0 Å².